The number of hydrogen-bond donors (Lipinski definition) is 0. The van der Waals surface area contributed by atoms with Gasteiger partial charge in [0.15, 0.2) is 0 Å². The maximum absolute atomic E-state index is 13.3. The van der Waals surface area contributed by atoms with Crippen LogP contribution in [0, 0.1) is 6.92 Å². The third kappa shape index (κ3) is 4.98. The molecule has 0 spiro atoms. The van der Waals surface area contributed by atoms with Gasteiger partial charge in [-0.2, -0.15) is 14.1 Å². The fraction of sp³-hybridized carbons (Fsp3) is 0.462. The quantitative estimate of drug-likeness (QED) is 0.525. The third-order valence-corrected chi connectivity index (χ3v) is 9.23. The summed E-state index contributed by atoms with van der Waals surface area (Å²) >= 11 is 0. The number of aromatic nitrogens is 3. The lowest BCUT2D eigenvalue weighted by molar-refractivity contribution is 0.111. The average Bonchev–Trinajstić information content (AvgIpc) is 3.18. The molecule has 9 heteroatoms. The molecule has 2 heterocycles. The number of sulfonamides is 1. The van der Waals surface area contributed by atoms with E-state index < -0.39 is 10.0 Å². The van der Waals surface area contributed by atoms with E-state index in [1.165, 1.54) is 36.8 Å². The Morgan fingerprint density at radius 1 is 0.886 bits per heavy atom. The van der Waals surface area contributed by atoms with Crippen LogP contribution in [0.4, 0.5) is 0 Å². The standard InChI is InChI=1S/C26H33N5O3S/c1-21-27-31(26(32)30(21)20-22-8-4-2-5-9-22)24-12-14-25(15-13-24)35(33,34)29-18-16-28(17-19-29)23-10-6-3-7-11-23/h2,4-5,8-9,12-15,23H,3,6-7,10-11,16-20H2,1H3. The van der Waals surface area contributed by atoms with Crippen LogP contribution in [-0.4, -0.2) is 64.2 Å². The molecule has 2 aliphatic rings. The average molecular weight is 496 g/mol. The van der Waals surface area contributed by atoms with E-state index in [0.29, 0.717) is 37.2 Å². The topological polar surface area (TPSA) is 80.4 Å². The first kappa shape index (κ1) is 24.0. The number of nitrogens with zero attached hydrogens (tertiary/aromatic N) is 5. The largest absolute Gasteiger partial charge is 0.351 e. The van der Waals surface area contributed by atoms with Crippen molar-refractivity contribution in [3.63, 3.8) is 0 Å². The molecule has 8 nitrogen and oxygen atoms in total. The van der Waals surface area contributed by atoms with Crippen LogP contribution in [0.15, 0.2) is 64.3 Å². The van der Waals surface area contributed by atoms with E-state index >= 15 is 0 Å². The van der Waals surface area contributed by atoms with E-state index in [9.17, 15) is 13.2 Å². The van der Waals surface area contributed by atoms with Crippen molar-refractivity contribution in [1.82, 2.24) is 23.6 Å². The highest BCUT2D eigenvalue weighted by Crippen LogP contribution is 2.25. The minimum atomic E-state index is -3.58. The van der Waals surface area contributed by atoms with Crippen molar-refractivity contribution >= 4 is 10.0 Å². The summed E-state index contributed by atoms with van der Waals surface area (Å²) in [6, 6.07) is 16.8. The molecule has 35 heavy (non-hydrogen) atoms. The van der Waals surface area contributed by atoms with Gasteiger partial charge in [-0.1, -0.05) is 49.6 Å². The first-order chi connectivity index (χ1) is 16.9. The van der Waals surface area contributed by atoms with Gasteiger partial charge < -0.3 is 0 Å². The van der Waals surface area contributed by atoms with Crippen LogP contribution in [0.1, 0.15) is 43.5 Å². The Balaban J connectivity index is 1.29. The molecular weight excluding hydrogens is 462 g/mol. The van der Waals surface area contributed by atoms with E-state index in [0.717, 1.165) is 18.7 Å². The Morgan fingerprint density at radius 3 is 2.20 bits per heavy atom. The Hall–Kier alpha value is -2.75. The van der Waals surface area contributed by atoms with Crippen LogP contribution in [0.5, 0.6) is 0 Å². The molecule has 0 radical (unpaired) electrons. The maximum atomic E-state index is 13.3. The SMILES string of the molecule is Cc1nn(-c2ccc(S(=O)(=O)N3CCN(C4CCCCC4)CC3)cc2)c(=O)n1Cc1ccccc1. The van der Waals surface area contributed by atoms with Crippen LogP contribution in [0.3, 0.4) is 0 Å². The minimum Gasteiger partial charge on any atom is -0.298 e. The minimum absolute atomic E-state index is 0.249. The first-order valence-corrected chi connectivity index (χ1v) is 13.9. The maximum Gasteiger partial charge on any atom is 0.351 e. The number of rotatable bonds is 6. The number of hydrogen-bond acceptors (Lipinski definition) is 5. The second-order valence-electron chi connectivity index (χ2n) is 9.54. The summed E-state index contributed by atoms with van der Waals surface area (Å²) in [6.07, 6.45) is 6.34. The van der Waals surface area contributed by atoms with E-state index in [2.05, 4.69) is 10.00 Å². The molecule has 3 aromatic rings. The first-order valence-electron chi connectivity index (χ1n) is 12.5. The van der Waals surface area contributed by atoms with Crippen LogP contribution in [0.25, 0.3) is 5.69 Å². The lowest BCUT2D eigenvalue weighted by Crippen LogP contribution is -2.52. The molecule has 2 aromatic carbocycles. The molecule has 5 rings (SSSR count). The van der Waals surface area contributed by atoms with Gasteiger partial charge in [-0.15, -0.1) is 0 Å². The summed E-state index contributed by atoms with van der Waals surface area (Å²) in [5, 5.41) is 4.41. The Labute approximate surface area is 206 Å². The van der Waals surface area contributed by atoms with Gasteiger partial charge in [-0.3, -0.25) is 9.47 Å². The van der Waals surface area contributed by atoms with Gasteiger partial charge in [-0.25, -0.2) is 13.2 Å². The van der Waals surface area contributed by atoms with Gasteiger partial charge in [0.1, 0.15) is 5.82 Å². The third-order valence-electron chi connectivity index (χ3n) is 7.31. The van der Waals surface area contributed by atoms with Gasteiger partial charge in [0, 0.05) is 32.2 Å². The summed E-state index contributed by atoms with van der Waals surface area (Å²) in [6.45, 7) is 4.84. The molecule has 0 atom stereocenters. The van der Waals surface area contributed by atoms with Crippen LogP contribution in [-0.2, 0) is 16.6 Å². The van der Waals surface area contributed by atoms with Gasteiger partial charge in [0.25, 0.3) is 0 Å². The Morgan fingerprint density at radius 2 is 1.54 bits per heavy atom. The fourth-order valence-corrected chi connectivity index (χ4v) is 6.70. The van der Waals surface area contributed by atoms with Crippen molar-refractivity contribution < 1.29 is 8.42 Å². The Kier molecular flexibility index (Phi) is 6.91. The van der Waals surface area contributed by atoms with E-state index in [1.807, 2.05) is 30.3 Å². The monoisotopic (exact) mass is 495 g/mol. The zero-order chi connectivity index (χ0) is 24.4. The summed E-state index contributed by atoms with van der Waals surface area (Å²) in [4.78, 5) is 15.7. The second-order valence-corrected chi connectivity index (χ2v) is 11.5. The number of benzene rings is 2. The van der Waals surface area contributed by atoms with Crippen LogP contribution < -0.4 is 5.69 Å². The van der Waals surface area contributed by atoms with E-state index in [1.54, 1.807) is 40.1 Å². The molecular formula is C26H33N5O3S. The highest BCUT2D eigenvalue weighted by Gasteiger charge is 2.31. The summed E-state index contributed by atoms with van der Waals surface area (Å²) in [5.41, 5.74) is 1.31. The molecule has 2 fully saturated rings. The molecule has 1 aromatic heterocycles. The second kappa shape index (κ2) is 10.1. The van der Waals surface area contributed by atoms with Crippen molar-refractivity contribution in [2.75, 3.05) is 26.2 Å². The normalized spacial score (nSPS) is 18.7. The van der Waals surface area contributed by atoms with Crippen LogP contribution >= 0.6 is 0 Å². The molecule has 186 valence electrons. The predicted molar refractivity (Wildman–Crippen MR) is 135 cm³/mol. The number of piperazine rings is 1. The molecule has 0 N–H and O–H groups in total. The van der Waals surface area contributed by atoms with Gasteiger partial charge in [0.05, 0.1) is 17.1 Å². The zero-order valence-electron chi connectivity index (χ0n) is 20.2. The lowest BCUT2D eigenvalue weighted by atomic mass is 9.94. The van der Waals surface area contributed by atoms with Gasteiger partial charge in [0.2, 0.25) is 10.0 Å². The summed E-state index contributed by atoms with van der Waals surface area (Å²) < 4.78 is 31.1. The molecule has 1 aliphatic carbocycles. The fourth-order valence-electron chi connectivity index (χ4n) is 5.27. The summed E-state index contributed by atoms with van der Waals surface area (Å²) in [5.74, 6) is 0.603. The lowest BCUT2D eigenvalue weighted by Gasteiger charge is -2.40. The van der Waals surface area contributed by atoms with Crippen molar-refractivity contribution in [2.24, 2.45) is 0 Å². The Bertz CT molecular complexity index is 1300. The molecule has 0 amide bonds. The molecule has 1 aliphatic heterocycles. The van der Waals surface area contributed by atoms with Crippen molar-refractivity contribution in [1.29, 1.82) is 0 Å². The van der Waals surface area contributed by atoms with Gasteiger partial charge in [-0.05, 0) is 49.6 Å². The molecule has 0 bridgehead atoms. The number of aryl methyl sites for hydroxylation is 1. The molecule has 1 saturated heterocycles. The predicted octanol–water partition coefficient (Wildman–Crippen LogP) is 3.03. The smallest absolute Gasteiger partial charge is 0.298 e. The van der Waals surface area contributed by atoms with Crippen molar-refractivity contribution in [3.8, 4) is 5.69 Å². The van der Waals surface area contributed by atoms with E-state index in [4.69, 9.17) is 0 Å². The molecule has 1 saturated carbocycles. The summed E-state index contributed by atoms with van der Waals surface area (Å²) in [7, 11) is -3.58. The van der Waals surface area contributed by atoms with Crippen molar-refractivity contribution in [3.05, 3.63) is 76.5 Å². The molecule has 0 unspecified atom stereocenters. The van der Waals surface area contributed by atoms with Crippen molar-refractivity contribution in [2.45, 2.75) is 56.5 Å². The van der Waals surface area contributed by atoms with Crippen LogP contribution in [0.2, 0.25) is 0 Å². The van der Waals surface area contributed by atoms with E-state index in [-0.39, 0.29) is 10.6 Å². The highest BCUT2D eigenvalue weighted by atomic mass is 32.2. The highest BCUT2D eigenvalue weighted by molar-refractivity contribution is 7.89. The zero-order valence-corrected chi connectivity index (χ0v) is 21.0. The van der Waals surface area contributed by atoms with Gasteiger partial charge >= 0.3 is 5.69 Å².